The van der Waals surface area contributed by atoms with Crippen molar-refractivity contribution in [3.63, 3.8) is 0 Å². The molecule has 0 aliphatic rings. The maximum absolute atomic E-state index is 12.4. The maximum Gasteiger partial charge on any atom is 0.241 e. The lowest BCUT2D eigenvalue weighted by Gasteiger charge is -2.14. The Kier molecular flexibility index (Phi) is 3.88. The second kappa shape index (κ2) is 5.45. The number of benzene rings is 1. The third-order valence-electron chi connectivity index (χ3n) is 2.96. The Morgan fingerprint density at radius 1 is 1.45 bits per heavy atom. The highest BCUT2D eigenvalue weighted by Gasteiger charge is 2.21. The van der Waals surface area contributed by atoms with Crippen molar-refractivity contribution < 1.29 is 8.42 Å². The van der Waals surface area contributed by atoms with Crippen LogP contribution in [0.3, 0.4) is 0 Å². The Morgan fingerprint density at radius 2 is 2.20 bits per heavy atom. The number of H-pyrrole nitrogens is 1. The average molecular weight is 290 g/mol. The lowest BCUT2D eigenvalue weighted by atomic mass is 10.2. The van der Waals surface area contributed by atoms with E-state index in [9.17, 15) is 8.42 Å². The monoisotopic (exact) mass is 290 g/mol. The zero-order valence-corrected chi connectivity index (χ0v) is 11.9. The van der Waals surface area contributed by atoms with Gasteiger partial charge in [-0.05, 0) is 31.5 Å². The number of nitriles is 1. The van der Waals surface area contributed by atoms with Gasteiger partial charge in [-0.3, -0.25) is 5.10 Å². The number of aromatic nitrogens is 2. The van der Waals surface area contributed by atoms with Crippen LogP contribution in [0.1, 0.15) is 29.7 Å². The van der Waals surface area contributed by atoms with Crippen LogP contribution in [0.15, 0.2) is 35.5 Å². The smallest absolute Gasteiger partial charge is 0.241 e. The molecular formula is C13H14N4O2S. The van der Waals surface area contributed by atoms with Crippen molar-refractivity contribution in [1.82, 2.24) is 14.9 Å². The predicted octanol–water partition coefficient (Wildman–Crippen LogP) is 1.63. The zero-order chi connectivity index (χ0) is 14.8. The molecule has 0 spiro atoms. The van der Waals surface area contributed by atoms with Crippen LogP contribution in [0.4, 0.5) is 0 Å². The van der Waals surface area contributed by atoms with Gasteiger partial charge in [-0.1, -0.05) is 6.07 Å². The first kappa shape index (κ1) is 14.2. The van der Waals surface area contributed by atoms with Gasteiger partial charge in [-0.2, -0.15) is 10.4 Å². The highest BCUT2D eigenvalue weighted by atomic mass is 32.2. The Morgan fingerprint density at radius 3 is 2.80 bits per heavy atom. The van der Waals surface area contributed by atoms with Crippen molar-refractivity contribution in [2.45, 2.75) is 24.8 Å². The van der Waals surface area contributed by atoms with Crippen LogP contribution < -0.4 is 4.72 Å². The first-order valence-corrected chi connectivity index (χ1v) is 7.44. The fourth-order valence-corrected chi connectivity index (χ4v) is 3.32. The third-order valence-corrected chi connectivity index (χ3v) is 4.64. The van der Waals surface area contributed by atoms with E-state index in [-0.39, 0.29) is 4.90 Å². The molecule has 1 aromatic carbocycles. The van der Waals surface area contributed by atoms with Gasteiger partial charge >= 0.3 is 0 Å². The number of rotatable bonds is 4. The number of aryl methyl sites for hydroxylation is 1. The van der Waals surface area contributed by atoms with Gasteiger partial charge in [-0.15, -0.1) is 0 Å². The number of sulfonamides is 1. The van der Waals surface area contributed by atoms with Crippen molar-refractivity contribution in [1.29, 1.82) is 5.26 Å². The van der Waals surface area contributed by atoms with Crippen molar-refractivity contribution in [2.24, 2.45) is 0 Å². The normalized spacial score (nSPS) is 12.8. The molecule has 0 bridgehead atoms. The lowest BCUT2D eigenvalue weighted by Crippen LogP contribution is -2.27. The molecule has 20 heavy (non-hydrogen) atoms. The molecule has 0 saturated carbocycles. The highest BCUT2D eigenvalue weighted by molar-refractivity contribution is 7.89. The number of aromatic amines is 1. The molecule has 1 atom stereocenters. The molecule has 6 nitrogen and oxygen atoms in total. The molecule has 0 amide bonds. The number of nitrogens with one attached hydrogen (secondary N) is 2. The number of hydrogen-bond donors (Lipinski definition) is 2. The molecule has 104 valence electrons. The van der Waals surface area contributed by atoms with Crippen molar-refractivity contribution >= 4 is 10.0 Å². The van der Waals surface area contributed by atoms with Gasteiger partial charge in [0.2, 0.25) is 10.0 Å². The number of hydrogen-bond acceptors (Lipinski definition) is 4. The summed E-state index contributed by atoms with van der Waals surface area (Å²) in [5.74, 6) is 0. The summed E-state index contributed by atoms with van der Waals surface area (Å²) in [6.07, 6.45) is 3.19. The highest BCUT2D eigenvalue weighted by Crippen LogP contribution is 2.20. The topological polar surface area (TPSA) is 98.6 Å². The Hall–Kier alpha value is -2.17. The molecule has 2 rings (SSSR count). The largest absolute Gasteiger partial charge is 0.285 e. The summed E-state index contributed by atoms with van der Waals surface area (Å²) in [5.41, 5.74) is 1.64. The molecule has 0 aliphatic heterocycles. The van der Waals surface area contributed by atoms with E-state index < -0.39 is 16.1 Å². The van der Waals surface area contributed by atoms with Gasteiger partial charge in [0.15, 0.2) is 0 Å². The lowest BCUT2D eigenvalue weighted by molar-refractivity contribution is 0.566. The van der Waals surface area contributed by atoms with Gasteiger partial charge in [-0.25, -0.2) is 13.1 Å². The quantitative estimate of drug-likeness (QED) is 0.894. The maximum atomic E-state index is 12.4. The van der Waals surface area contributed by atoms with E-state index in [2.05, 4.69) is 14.9 Å². The molecule has 1 heterocycles. The third kappa shape index (κ3) is 2.87. The average Bonchev–Trinajstić information content (AvgIpc) is 2.92. The van der Waals surface area contributed by atoms with E-state index in [1.165, 1.54) is 6.07 Å². The minimum absolute atomic E-state index is 0.117. The van der Waals surface area contributed by atoms with E-state index in [0.29, 0.717) is 11.1 Å². The van der Waals surface area contributed by atoms with E-state index in [4.69, 9.17) is 5.26 Å². The Balaban J connectivity index is 2.34. The molecule has 0 fully saturated rings. The SMILES string of the molecule is Cc1ccc(C#N)cc1S(=O)(=O)NC(C)c1cn[nH]c1. The summed E-state index contributed by atoms with van der Waals surface area (Å²) in [5, 5.41) is 15.3. The minimum atomic E-state index is -3.69. The van der Waals surface area contributed by atoms with E-state index >= 15 is 0 Å². The van der Waals surface area contributed by atoms with Crippen LogP contribution in [0, 0.1) is 18.3 Å². The predicted molar refractivity (Wildman–Crippen MR) is 73.2 cm³/mol. The molecule has 2 aromatic rings. The molecule has 0 aliphatic carbocycles. The fourth-order valence-electron chi connectivity index (χ4n) is 1.82. The minimum Gasteiger partial charge on any atom is -0.285 e. The molecule has 2 N–H and O–H groups in total. The first-order valence-electron chi connectivity index (χ1n) is 5.96. The number of nitrogens with zero attached hydrogens (tertiary/aromatic N) is 2. The standard InChI is InChI=1S/C13H14N4O2S/c1-9-3-4-11(6-14)5-13(9)20(18,19)17-10(2)12-7-15-16-8-12/h3-5,7-8,10,17H,1-2H3,(H,15,16). The van der Waals surface area contributed by atoms with Crippen molar-refractivity contribution in [3.05, 3.63) is 47.3 Å². The molecule has 7 heteroatoms. The van der Waals surface area contributed by atoms with Gasteiger partial charge in [0.1, 0.15) is 0 Å². The van der Waals surface area contributed by atoms with Gasteiger partial charge in [0.05, 0.1) is 22.7 Å². The van der Waals surface area contributed by atoms with E-state index in [1.54, 1.807) is 38.4 Å². The van der Waals surface area contributed by atoms with Crippen LogP contribution in [0.25, 0.3) is 0 Å². The van der Waals surface area contributed by atoms with E-state index in [1.807, 2.05) is 6.07 Å². The van der Waals surface area contributed by atoms with Crippen molar-refractivity contribution in [3.8, 4) is 6.07 Å². The zero-order valence-electron chi connectivity index (χ0n) is 11.1. The molecule has 0 radical (unpaired) electrons. The summed E-state index contributed by atoms with van der Waals surface area (Å²) < 4.78 is 27.3. The summed E-state index contributed by atoms with van der Waals surface area (Å²) in [7, 11) is -3.69. The summed E-state index contributed by atoms with van der Waals surface area (Å²) in [6.45, 7) is 3.42. The molecule has 1 unspecified atom stereocenters. The first-order chi connectivity index (χ1) is 9.44. The van der Waals surface area contributed by atoms with Crippen LogP contribution in [-0.4, -0.2) is 18.6 Å². The summed E-state index contributed by atoms with van der Waals surface area (Å²) >= 11 is 0. The second-order valence-corrected chi connectivity index (χ2v) is 6.15. The van der Waals surface area contributed by atoms with Gasteiger partial charge < -0.3 is 0 Å². The van der Waals surface area contributed by atoms with Crippen LogP contribution in [-0.2, 0) is 10.0 Å². The van der Waals surface area contributed by atoms with Gasteiger partial charge in [0.25, 0.3) is 0 Å². The molecular weight excluding hydrogens is 276 g/mol. The van der Waals surface area contributed by atoms with E-state index in [0.717, 1.165) is 5.56 Å². The summed E-state index contributed by atoms with van der Waals surface area (Å²) in [6, 6.07) is 6.11. The van der Waals surface area contributed by atoms with Crippen LogP contribution in [0.2, 0.25) is 0 Å². The molecule has 1 aromatic heterocycles. The second-order valence-electron chi connectivity index (χ2n) is 4.47. The Labute approximate surface area is 117 Å². The fraction of sp³-hybridized carbons (Fsp3) is 0.231. The Bertz CT molecular complexity index is 745. The van der Waals surface area contributed by atoms with Gasteiger partial charge in [0, 0.05) is 17.8 Å². The van der Waals surface area contributed by atoms with Crippen LogP contribution in [0.5, 0.6) is 0 Å². The van der Waals surface area contributed by atoms with Crippen molar-refractivity contribution in [2.75, 3.05) is 0 Å². The summed E-state index contributed by atoms with van der Waals surface area (Å²) in [4.78, 5) is 0.117. The van der Waals surface area contributed by atoms with Crippen LogP contribution >= 0.6 is 0 Å². The molecule has 0 saturated heterocycles.